The smallest absolute Gasteiger partial charge is 0.282 e. The summed E-state index contributed by atoms with van der Waals surface area (Å²) < 4.78 is 0. The fourth-order valence-electron chi connectivity index (χ4n) is 2.08. The van der Waals surface area contributed by atoms with Crippen molar-refractivity contribution in [3.05, 3.63) is 75.3 Å². The molecular weight excluding hydrogens is 336 g/mol. The lowest BCUT2D eigenvalue weighted by molar-refractivity contribution is -0.476. The number of benzene rings is 2. The second-order valence-electron chi connectivity index (χ2n) is 5.84. The van der Waals surface area contributed by atoms with E-state index in [1.807, 2.05) is 50.2 Å². The lowest BCUT2D eigenvalue weighted by Gasteiger charge is -2.11. The van der Waals surface area contributed by atoms with Gasteiger partial charge >= 0.3 is 0 Å². The average molecular weight is 357 g/mol. The van der Waals surface area contributed by atoms with Gasteiger partial charge in [-0.2, -0.15) is 0 Å². The van der Waals surface area contributed by atoms with E-state index in [1.165, 1.54) is 17.7 Å². The lowest BCUT2D eigenvalue weighted by Crippen LogP contribution is -2.75. The van der Waals surface area contributed by atoms with Gasteiger partial charge in [0.25, 0.3) is 16.6 Å². The van der Waals surface area contributed by atoms with Crippen molar-refractivity contribution in [2.75, 3.05) is 14.1 Å². The lowest BCUT2D eigenvalue weighted by atomic mass is 10.1. The molecule has 0 spiro atoms. The van der Waals surface area contributed by atoms with Crippen LogP contribution in [0, 0.1) is 17.0 Å². The summed E-state index contributed by atoms with van der Waals surface area (Å²) in [5.74, 6) is 0.789. The summed E-state index contributed by atoms with van der Waals surface area (Å²) in [4.78, 5) is 15.5. The molecule has 6 nitrogen and oxygen atoms in total. The Morgan fingerprint density at radius 2 is 1.76 bits per heavy atom. The minimum atomic E-state index is -0.405. The fraction of sp³-hybridized carbons (Fsp3) is 0.222. The summed E-state index contributed by atoms with van der Waals surface area (Å²) in [5.41, 5.74) is 3.18. The number of non-ortho nitro benzene ring substituents is 1. The molecule has 0 heterocycles. The van der Waals surface area contributed by atoms with Gasteiger partial charge in [0.15, 0.2) is 0 Å². The molecule has 0 fully saturated rings. The Morgan fingerprint density at radius 1 is 1.16 bits per heavy atom. The summed E-state index contributed by atoms with van der Waals surface area (Å²) >= 11 is 5.34. The van der Waals surface area contributed by atoms with Crippen molar-refractivity contribution in [3.8, 4) is 0 Å². The van der Waals surface area contributed by atoms with Crippen LogP contribution in [0.25, 0.3) is 0 Å². The molecule has 0 saturated carbocycles. The number of nitro benzene ring substituents is 1. The van der Waals surface area contributed by atoms with E-state index in [9.17, 15) is 10.1 Å². The van der Waals surface area contributed by atoms with Gasteiger partial charge in [0.2, 0.25) is 0 Å². The van der Waals surface area contributed by atoms with Gasteiger partial charge in [0.05, 0.1) is 10.5 Å². The highest BCUT2D eigenvalue weighted by Gasteiger charge is 2.14. The molecule has 0 saturated heterocycles. The van der Waals surface area contributed by atoms with Crippen LogP contribution in [-0.4, -0.2) is 34.9 Å². The van der Waals surface area contributed by atoms with Crippen molar-refractivity contribution in [1.29, 1.82) is 0 Å². The molecule has 25 heavy (non-hydrogen) atoms. The van der Waals surface area contributed by atoms with Gasteiger partial charge < -0.3 is 4.90 Å². The maximum absolute atomic E-state index is 10.7. The van der Waals surface area contributed by atoms with Crippen LogP contribution < -0.4 is 10.3 Å². The van der Waals surface area contributed by atoms with Gasteiger partial charge in [-0.25, -0.2) is 5.32 Å². The number of nitrogens with one attached hydrogen (secondary N) is 2. The Hall–Kier alpha value is -2.80. The van der Waals surface area contributed by atoms with E-state index < -0.39 is 4.92 Å². The van der Waals surface area contributed by atoms with Crippen molar-refractivity contribution in [2.45, 2.75) is 13.5 Å². The van der Waals surface area contributed by atoms with Crippen LogP contribution in [0.5, 0.6) is 0 Å². The molecular formula is C18H21N4O2S+. The highest BCUT2D eigenvalue weighted by atomic mass is 32.1. The van der Waals surface area contributed by atoms with Crippen molar-refractivity contribution >= 4 is 28.9 Å². The Morgan fingerprint density at radius 3 is 2.28 bits per heavy atom. The second kappa shape index (κ2) is 8.34. The van der Waals surface area contributed by atoms with Crippen LogP contribution >= 0.6 is 12.2 Å². The van der Waals surface area contributed by atoms with Crippen LogP contribution in [0.15, 0.2) is 48.5 Å². The first-order chi connectivity index (χ1) is 11.9. The third-order valence-electron chi connectivity index (χ3n) is 3.59. The molecule has 7 heteroatoms. The first-order valence-corrected chi connectivity index (χ1v) is 8.17. The van der Waals surface area contributed by atoms with Gasteiger partial charge in [-0.1, -0.05) is 17.7 Å². The van der Waals surface area contributed by atoms with E-state index in [-0.39, 0.29) is 5.69 Å². The van der Waals surface area contributed by atoms with E-state index in [1.54, 1.807) is 12.1 Å². The Balaban J connectivity index is 2.24. The quantitative estimate of drug-likeness (QED) is 0.284. The standard InChI is InChI=1S/C18H20N4O2S/c1-13-4-8-15(9-5-13)17(20-18(25)21(2)3)19-12-14-6-10-16(11-7-14)22(23)24/h4-11H,12H2,1-3H3,(H,19,20,25)/p+1. The maximum Gasteiger partial charge on any atom is 0.282 e. The Labute approximate surface area is 152 Å². The predicted molar refractivity (Wildman–Crippen MR) is 102 cm³/mol. The van der Waals surface area contributed by atoms with Crippen molar-refractivity contribution in [1.82, 2.24) is 10.2 Å². The van der Waals surface area contributed by atoms with Crippen molar-refractivity contribution in [2.24, 2.45) is 0 Å². The molecule has 0 aliphatic rings. The SMILES string of the molecule is Cc1ccc(C(NC(=S)N(C)C)=[NH+]Cc2ccc([N+](=O)[O-])cc2)cc1. The van der Waals surface area contributed by atoms with Crippen LogP contribution in [0.3, 0.4) is 0 Å². The maximum atomic E-state index is 10.7. The van der Waals surface area contributed by atoms with Crippen LogP contribution in [0.1, 0.15) is 16.7 Å². The molecule has 0 aliphatic carbocycles. The van der Waals surface area contributed by atoms with Crippen LogP contribution in [-0.2, 0) is 6.54 Å². The number of nitrogens with zero attached hydrogens (tertiary/aromatic N) is 2. The normalized spacial score (nSPS) is 11.1. The van der Waals surface area contributed by atoms with Crippen molar-refractivity contribution in [3.63, 3.8) is 0 Å². The molecule has 0 bridgehead atoms. The minimum Gasteiger partial charge on any atom is -0.336 e. The van der Waals surface area contributed by atoms with Crippen molar-refractivity contribution < 1.29 is 9.92 Å². The number of hydrogen-bond donors (Lipinski definition) is 2. The number of amidine groups is 1. The summed E-state index contributed by atoms with van der Waals surface area (Å²) in [7, 11) is 3.75. The van der Waals surface area contributed by atoms with E-state index in [0.29, 0.717) is 11.7 Å². The van der Waals surface area contributed by atoms with Gasteiger partial charge in [-0.05, 0) is 49.0 Å². The first-order valence-electron chi connectivity index (χ1n) is 7.76. The highest BCUT2D eigenvalue weighted by Crippen LogP contribution is 2.10. The van der Waals surface area contributed by atoms with Gasteiger partial charge in [-0.15, -0.1) is 0 Å². The molecule has 2 aromatic carbocycles. The minimum absolute atomic E-state index is 0.0819. The zero-order valence-corrected chi connectivity index (χ0v) is 15.3. The van der Waals surface area contributed by atoms with E-state index in [0.717, 1.165) is 17.0 Å². The van der Waals surface area contributed by atoms with Gasteiger partial charge in [-0.3, -0.25) is 15.1 Å². The van der Waals surface area contributed by atoms with Crippen LogP contribution in [0.2, 0.25) is 0 Å². The molecule has 0 amide bonds. The molecule has 2 aromatic rings. The largest absolute Gasteiger partial charge is 0.336 e. The summed E-state index contributed by atoms with van der Waals surface area (Å²) in [6, 6.07) is 14.6. The molecule has 2 N–H and O–H groups in total. The van der Waals surface area contributed by atoms with E-state index in [2.05, 4.69) is 10.3 Å². The van der Waals surface area contributed by atoms with Gasteiger partial charge in [0, 0.05) is 26.2 Å². The molecule has 0 aromatic heterocycles. The number of nitro groups is 1. The zero-order valence-electron chi connectivity index (χ0n) is 14.4. The van der Waals surface area contributed by atoms with E-state index in [4.69, 9.17) is 12.2 Å². The molecule has 130 valence electrons. The molecule has 2 rings (SSSR count). The number of hydrogen-bond acceptors (Lipinski definition) is 3. The number of thiocarbonyl (C=S) groups is 1. The third kappa shape index (κ3) is 5.36. The topological polar surface area (TPSA) is 72.4 Å². The predicted octanol–water partition coefficient (Wildman–Crippen LogP) is 1.37. The summed E-state index contributed by atoms with van der Waals surface area (Å²) in [5, 5.41) is 14.5. The van der Waals surface area contributed by atoms with E-state index >= 15 is 0 Å². The first kappa shape index (κ1) is 18.5. The third-order valence-corrected chi connectivity index (χ3v) is 4.06. The Bertz CT molecular complexity index is 784. The molecule has 0 radical (unpaired) electrons. The number of rotatable bonds is 4. The monoisotopic (exact) mass is 357 g/mol. The number of aryl methyl sites for hydroxylation is 1. The average Bonchev–Trinajstić information content (AvgIpc) is 2.59. The molecule has 0 atom stereocenters. The molecule has 0 unspecified atom stereocenters. The summed E-state index contributed by atoms with van der Waals surface area (Å²) in [6.07, 6.45) is 0. The second-order valence-corrected chi connectivity index (χ2v) is 6.23. The summed E-state index contributed by atoms with van der Waals surface area (Å²) in [6.45, 7) is 2.55. The fourth-order valence-corrected chi connectivity index (χ4v) is 2.19. The van der Waals surface area contributed by atoms with Crippen LogP contribution in [0.4, 0.5) is 5.69 Å². The van der Waals surface area contributed by atoms with Gasteiger partial charge in [0.1, 0.15) is 6.54 Å². The zero-order chi connectivity index (χ0) is 18.4. The Kier molecular flexibility index (Phi) is 6.19. The molecule has 0 aliphatic heterocycles. The highest BCUT2D eigenvalue weighted by molar-refractivity contribution is 7.80.